The van der Waals surface area contributed by atoms with E-state index in [1.54, 1.807) is 6.92 Å². The molecule has 1 aliphatic rings. The van der Waals surface area contributed by atoms with Gasteiger partial charge in [0.25, 0.3) is 5.91 Å². The summed E-state index contributed by atoms with van der Waals surface area (Å²) in [4.78, 5) is 27.2. The van der Waals surface area contributed by atoms with E-state index in [1.165, 1.54) is 0 Å². The summed E-state index contributed by atoms with van der Waals surface area (Å²) in [5.74, 6) is -0.137. The van der Waals surface area contributed by atoms with Crippen molar-refractivity contribution in [3.8, 4) is 5.75 Å². The van der Waals surface area contributed by atoms with Crippen molar-refractivity contribution in [2.24, 2.45) is 0 Å². The van der Waals surface area contributed by atoms with Gasteiger partial charge < -0.3 is 14.7 Å². The van der Waals surface area contributed by atoms with E-state index in [9.17, 15) is 9.59 Å². The number of likely N-dealkylation sites (tertiary alicyclic amines) is 1. The SMILES string of the molecule is Cc1ccc(OC(C)C(=O)N2CCCC(N(C)CC(=O)O)CC2)cc1. The third-order valence-corrected chi connectivity index (χ3v) is 4.70. The highest BCUT2D eigenvalue weighted by molar-refractivity contribution is 5.81. The number of benzene rings is 1. The summed E-state index contributed by atoms with van der Waals surface area (Å²) in [5, 5.41) is 8.93. The van der Waals surface area contributed by atoms with Gasteiger partial charge in [0, 0.05) is 19.1 Å². The zero-order valence-electron chi connectivity index (χ0n) is 15.3. The minimum atomic E-state index is -0.820. The molecule has 0 spiro atoms. The second-order valence-corrected chi connectivity index (χ2v) is 6.79. The summed E-state index contributed by atoms with van der Waals surface area (Å²) in [6.07, 6.45) is 2.03. The summed E-state index contributed by atoms with van der Waals surface area (Å²) >= 11 is 0. The molecule has 1 heterocycles. The Morgan fingerprint density at radius 2 is 1.96 bits per heavy atom. The van der Waals surface area contributed by atoms with Crippen molar-refractivity contribution in [1.82, 2.24) is 9.80 Å². The molecule has 2 rings (SSSR count). The van der Waals surface area contributed by atoms with Gasteiger partial charge in [-0.1, -0.05) is 17.7 Å². The summed E-state index contributed by atoms with van der Waals surface area (Å²) < 4.78 is 5.77. The molecule has 1 aliphatic heterocycles. The van der Waals surface area contributed by atoms with Crippen LogP contribution in [0.3, 0.4) is 0 Å². The number of carbonyl (C=O) groups is 2. The van der Waals surface area contributed by atoms with Gasteiger partial charge in [-0.05, 0) is 52.3 Å². The Hall–Kier alpha value is -2.08. The van der Waals surface area contributed by atoms with Crippen LogP contribution < -0.4 is 4.74 Å². The van der Waals surface area contributed by atoms with Crippen LogP contribution in [0.25, 0.3) is 0 Å². The zero-order valence-corrected chi connectivity index (χ0v) is 15.3. The molecule has 0 bridgehead atoms. The van der Waals surface area contributed by atoms with E-state index in [4.69, 9.17) is 9.84 Å². The first-order chi connectivity index (χ1) is 11.9. The second kappa shape index (κ2) is 8.85. The highest BCUT2D eigenvalue weighted by Gasteiger charge is 2.27. The Balaban J connectivity index is 1.89. The molecule has 0 aliphatic carbocycles. The molecule has 138 valence electrons. The number of carboxylic acid groups (broad SMARTS) is 1. The molecule has 6 heteroatoms. The molecule has 1 amide bonds. The van der Waals surface area contributed by atoms with Gasteiger partial charge in [0.2, 0.25) is 0 Å². The van der Waals surface area contributed by atoms with Crippen LogP contribution in [-0.4, -0.2) is 65.6 Å². The fraction of sp³-hybridized carbons (Fsp3) is 0.579. The smallest absolute Gasteiger partial charge is 0.317 e. The number of aliphatic carboxylic acids is 1. The highest BCUT2D eigenvalue weighted by atomic mass is 16.5. The molecule has 1 aromatic rings. The quantitative estimate of drug-likeness (QED) is 0.853. The van der Waals surface area contributed by atoms with Gasteiger partial charge in [-0.25, -0.2) is 0 Å². The van der Waals surface area contributed by atoms with Crippen LogP contribution in [0, 0.1) is 6.92 Å². The monoisotopic (exact) mass is 348 g/mol. The van der Waals surface area contributed by atoms with Crippen LogP contribution in [0.5, 0.6) is 5.75 Å². The molecular formula is C19H28N2O4. The molecule has 6 nitrogen and oxygen atoms in total. The van der Waals surface area contributed by atoms with Gasteiger partial charge in [0.15, 0.2) is 6.10 Å². The first kappa shape index (κ1) is 19.2. The average molecular weight is 348 g/mol. The Morgan fingerprint density at radius 1 is 1.28 bits per heavy atom. The maximum Gasteiger partial charge on any atom is 0.317 e. The van der Waals surface area contributed by atoms with Crippen molar-refractivity contribution in [1.29, 1.82) is 0 Å². The van der Waals surface area contributed by atoms with Crippen molar-refractivity contribution < 1.29 is 19.4 Å². The number of likely N-dealkylation sites (N-methyl/N-ethyl adjacent to an activating group) is 1. The Kier molecular flexibility index (Phi) is 6.82. The molecule has 25 heavy (non-hydrogen) atoms. The molecule has 1 aromatic carbocycles. The minimum absolute atomic E-state index is 0.0119. The topological polar surface area (TPSA) is 70.1 Å². The number of rotatable bonds is 6. The van der Waals surface area contributed by atoms with E-state index in [1.807, 2.05) is 48.0 Å². The minimum Gasteiger partial charge on any atom is -0.481 e. The second-order valence-electron chi connectivity index (χ2n) is 6.79. The maximum atomic E-state index is 12.7. The van der Waals surface area contributed by atoms with Crippen molar-refractivity contribution in [3.63, 3.8) is 0 Å². The van der Waals surface area contributed by atoms with E-state index < -0.39 is 12.1 Å². The number of aryl methyl sites for hydroxylation is 1. The number of hydrogen-bond donors (Lipinski definition) is 1. The molecular weight excluding hydrogens is 320 g/mol. The zero-order chi connectivity index (χ0) is 18.4. The third kappa shape index (κ3) is 5.74. The lowest BCUT2D eigenvalue weighted by atomic mass is 10.1. The predicted octanol–water partition coefficient (Wildman–Crippen LogP) is 2.16. The lowest BCUT2D eigenvalue weighted by molar-refractivity contribution is -0.139. The van der Waals surface area contributed by atoms with E-state index in [0.29, 0.717) is 18.8 Å². The fourth-order valence-corrected chi connectivity index (χ4v) is 3.21. The Morgan fingerprint density at radius 3 is 2.60 bits per heavy atom. The summed E-state index contributed by atoms with van der Waals surface area (Å²) in [6, 6.07) is 7.86. The number of carboxylic acids is 1. The lowest BCUT2D eigenvalue weighted by Crippen LogP contribution is -2.42. The molecule has 2 atom stereocenters. The lowest BCUT2D eigenvalue weighted by Gasteiger charge is -2.26. The van der Waals surface area contributed by atoms with Gasteiger partial charge in [-0.15, -0.1) is 0 Å². The number of nitrogens with zero attached hydrogens (tertiary/aromatic N) is 2. The van der Waals surface area contributed by atoms with Gasteiger partial charge >= 0.3 is 5.97 Å². The van der Waals surface area contributed by atoms with Crippen LogP contribution in [0.4, 0.5) is 0 Å². The number of carbonyl (C=O) groups excluding carboxylic acids is 1. The van der Waals surface area contributed by atoms with Gasteiger partial charge in [-0.2, -0.15) is 0 Å². The van der Waals surface area contributed by atoms with Crippen molar-refractivity contribution in [2.45, 2.75) is 45.3 Å². The first-order valence-corrected chi connectivity index (χ1v) is 8.81. The van der Waals surface area contributed by atoms with E-state index in [-0.39, 0.29) is 18.5 Å². The molecule has 1 fully saturated rings. The summed E-state index contributed by atoms with van der Waals surface area (Å²) in [6.45, 7) is 5.15. The Bertz CT molecular complexity index is 588. The standard InChI is InChI=1S/C19H28N2O4/c1-14-6-8-17(9-7-14)25-15(2)19(24)21-11-4-5-16(10-12-21)20(3)13-18(22)23/h6-9,15-16H,4-5,10-13H2,1-3H3,(H,22,23). The highest BCUT2D eigenvalue weighted by Crippen LogP contribution is 2.18. The molecule has 1 N–H and O–H groups in total. The van der Waals surface area contributed by atoms with E-state index >= 15 is 0 Å². The average Bonchev–Trinajstić information content (AvgIpc) is 2.81. The van der Waals surface area contributed by atoms with Crippen LogP contribution in [0.1, 0.15) is 31.7 Å². The van der Waals surface area contributed by atoms with Crippen LogP contribution >= 0.6 is 0 Å². The largest absolute Gasteiger partial charge is 0.481 e. The summed E-state index contributed by atoms with van der Waals surface area (Å²) in [7, 11) is 1.83. The van der Waals surface area contributed by atoms with Crippen molar-refractivity contribution >= 4 is 11.9 Å². The predicted molar refractivity (Wildman–Crippen MR) is 95.8 cm³/mol. The van der Waals surface area contributed by atoms with Gasteiger partial charge in [0.1, 0.15) is 5.75 Å². The van der Waals surface area contributed by atoms with Crippen molar-refractivity contribution in [2.75, 3.05) is 26.7 Å². The molecule has 2 unspecified atom stereocenters. The number of amides is 1. The summed E-state index contributed by atoms with van der Waals surface area (Å²) in [5.41, 5.74) is 1.15. The number of ether oxygens (including phenoxy) is 1. The first-order valence-electron chi connectivity index (χ1n) is 8.81. The fourth-order valence-electron chi connectivity index (χ4n) is 3.21. The van der Waals surface area contributed by atoms with Crippen LogP contribution in [0.15, 0.2) is 24.3 Å². The molecule has 0 saturated carbocycles. The molecule has 0 aromatic heterocycles. The maximum absolute atomic E-state index is 12.7. The Labute approximate surface area is 149 Å². The van der Waals surface area contributed by atoms with Crippen LogP contribution in [-0.2, 0) is 9.59 Å². The van der Waals surface area contributed by atoms with Crippen molar-refractivity contribution in [3.05, 3.63) is 29.8 Å². The third-order valence-electron chi connectivity index (χ3n) is 4.70. The van der Waals surface area contributed by atoms with E-state index in [0.717, 1.165) is 24.8 Å². The molecule has 1 saturated heterocycles. The van der Waals surface area contributed by atoms with Crippen LogP contribution in [0.2, 0.25) is 0 Å². The number of hydrogen-bond acceptors (Lipinski definition) is 4. The van der Waals surface area contributed by atoms with Gasteiger partial charge in [0.05, 0.1) is 6.54 Å². The van der Waals surface area contributed by atoms with E-state index in [2.05, 4.69) is 0 Å². The van der Waals surface area contributed by atoms with Gasteiger partial charge in [-0.3, -0.25) is 14.5 Å². The normalized spacial score (nSPS) is 19.4. The molecule has 0 radical (unpaired) electrons.